The molecule has 0 saturated carbocycles. The molecule has 0 saturated heterocycles. The normalized spacial score (nSPS) is 10.7. The maximum Gasteiger partial charge on any atom is 0.272 e. The largest absolute Gasteiger partial charge is 0.352 e. The van der Waals surface area contributed by atoms with E-state index in [1.807, 2.05) is 6.92 Å². The van der Waals surface area contributed by atoms with Crippen molar-refractivity contribution in [1.82, 2.24) is 10.3 Å². The van der Waals surface area contributed by atoms with Crippen LogP contribution in [0.3, 0.4) is 0 Å². The number of hydrogen-bond acceptors (Lipinski definition) is 2. The second kappa shape index (κ2) is 7.58. The van der Waals surface area contributed by atoms with Gasteiger partial charge < -0.3 is 15.6 Å². The second-order valence-corrected chi connectivity index (χ2v) is 6.22. The van der Waals surface area contributed by atoms with Crippen LogP contribution in [0, 0.1) is 5.82 Å². The topological polar surface area (TPSA) is 74.0 Å². The summed E-state index contributed by atoms with van der Waals surface area (Å²) in [6.07, 6.45) is 0.793. The molecule has 0 unspecified atom stereocenters. The quantitative estimate of drug-likeness (QED) is 0.622. The van der Waals surface area contributed by atoms with Gasteiger partial charge in [0.2, 0.25) is 0 Å². The Morgan fingerprint density at radius 1 is 1.15 bits per heavy atom. The number of rotatable bonds is 5. The third-order valence-electron chi connectivity index (χ3n) is 3.87. The molecule has 0 atom stereocenters. The predicted molar refractivity (Wildman–Crippen MR) is 100 cm³/mol. The summed E-state index contributed by atoms with van der Waals surface area (Å²) in [6, 6.07) is 10.6. The molecule has 0 spiro atoms. The zero-order chi connectivity index (χ0) is 18.7. The minimum absolute atomic E-state index is 0.185. The van der Waals surface area contributed by atoms with E-state index in [0.717, 1.165) is 6.42 Å². The highest BCUT2D eigenvalue weighted by atomic mass is 35.5. The Balaban J connectivity index is 1.89. The summed E-state index contributed by atoms with van der Waals surface area (Å²) in [4.78, 5) is 27.7. The first-order valence-electron chi connectivity index (χ1n) is 8.16. The summed E-state index contributed by atoms with van der Waals surface area (Å²) in [5, 5.41) is 6.14. The minimum Gasteiger partial charge on any atom is -0.352 e. The highest BCUT2D eigenvalue weighted by Crippen LogP contribution is 2.23. The molecule has 0 aliphatic rings. The smallest absolute Gasteiger partial charge is 0.272 e. The van der Waals surface area contributed by atoms with Crippen LogP contribution in [0.1, 0.15) is 34.2 Å². The maximum atomic E-state index is 13.8. The molecule has 26 heavy (non-hydrogen) atoms. The monoisotopic (exact) mass is 373 g/mol. The SMILES string of the molecule is CCCNC(=O)c1ccc(Cl)cc1NC(=O)c1cc2c(F)cccc2[nH]1. The Labute approximate surface area is 154 Å². The summed E-state index contributed by atoms with van der Waals surface area (Å²) < 4.78 is 13.8. The first-order chi connectivity index (χ1) is 12.5. The van der Waals surface area contributed by atoms with E-state index in [1.165, 1.54) is 18.2 Å². The molecule has 0 radical (unpaired) electrons. The fraction of sp³-hybridized carbons (Fsp3) is 0.158. The molecule has 0 aliphatic carbocycles. The van der Waals surface area contributed by atoms with Crippen LogP contribution in [-0.2, 0) is 0 Å². The number of carbonyl (C=O) groups excluding carboxylic acids is 2. The molecule has 1 aromatic heterocycles. The summed E-state index contributed by atoms with van der Waals surface area (Å²) in [5.41, 5.74) is 1.29. The summed E-state index contributed by atoms with van der Waals surface area (Å²) in [7, 11) is 0. The van der Waals surface area contributed by atoms with Gasteiger partial charge in [0, 0.05) is 22.5 Å². The molecular formula is C19H17ClFN3O2. The van der Waals surface area contributed by atoms with Crippen LogP contribution in [0.25, 0.3) is 10.9 Å². The molecule has 0 bridgehead atoms. The molecule has 0 aliphatic heterocycles. The lowest BCUT2D eigenvalue weighted by Crippen LogP contribution is -2.26. The minimum atomic E-state index is -0.493. The van der Waals surface area contributed by atoms with Crippen LogP contribution in [0.5, 0.6) is 0 Å². The van der Waals surface area contributed by atoms with E-state index in [-0.39, 0.29) is 17.3 Å². The zero-order valence-electron chi connectivity index (χ0n) is 14.0. The van der Waals surface area contributed by atoms with E-state index in [4.69, 9.17) is 11.6 Å². The van der Waals surface area contributed by atoms with Gasteiger partial charge in [0.15, 0.2) is 0 Å². The average Bonchev–Trinajstić information content (AvgIpc) is 3.06. The Morgan fingerprint density at radius 2 is 1.96 bits per heavy atom. The number of amides is 2. The van der Waals surface area contributed by atoms with Crippen molar-refractivity contribution in [1.29, 1.82) is 0 Å². The van der Waals surface area contributed by atoms with Gasteiger partial charge >= 0.3 is 0 Å². The Hall–Kier alpha value is -2.86. The molecule has 2 amide bonds. The molecule has 3 aromatic rings. The number of aromatic nitrogens is 1. The van der Waals surface area contributed by atoms with Crippen LogP contribution < -0.4 is 10.6 Å². The molecule has 134 valence electrons. The molecule has 2 aromatic carbocycles. The van der Waals surface area contributed by atoms with Crippen molar-refractivity contribution in [3.63, 3.8) is 0 Å². The van der Waals surface area contributed by atoms with E-state index < -0.39 is 11.7 Å². The fourth-order valence-electron chi connectivity index (χ4n) is 2.58. The first kappa shape index (κ1) is 17.9. The lowest BCUT2D eigenvalue weighted by atomic mass is 10.1. The van der Waals surface area contributed by atoms with Gasteiger partial charge in [-0.1, -0.05) is 24.6 Å². The molecule has 3 rings (SSSR count). The molecule has 7 heteroatoms. The van der Waals surface area contributed by atoms with Gasteiger partial charge in [-0.3, -0.25) is 9.59 Å². The summed E-state index contributed by atoms with van der Waals surface area (Å²) in [5.74, 6) is -1.21. The Bertz CT molecular complexity index is 984. The van der Waals surface area contributed by atoms with Gasteiger partial charge in [0.05, 0.1) is 11.3 Å². The van der Waals surface area contributed by atoms with Gasteiger partial charge in [0.1, 0.15) is 11.5 Å². The first-order valence-corrected chi connectivity index (χ1v) is 8.53. The van der Waals surface area contributed by atoms with Crippen molar-refractivity contribution in [2.75, 3.05) is 11.9 Å². The van der Waals surface area contributed by atoms with Gasteiger partial charge in [-0.25, -0.2) is 4.39 Å². The molecular weight excluding hydrogens is 357 g/mol. The van der Waals surface area contributed by atoms with Gasteiger partial charge in [-0.05, 0) is 42.8 Å². The van der Waals surface area contributed by atoms with Gasteiger partial charge in [0.25, 0.3) is 11.8 Å². The number of carbonyl (C=O) groups is 2. The molecule has 5 nitrogen and oxygen atoms in total. The average molecular weight is 374 g/mol. The Morgan fingerprint density at radius 3 is 2.69 bits per heavy atom. The van der Waals surface area contributed by atoms with Crippen LogP contribution >= 0.6 is 11.6 Å². The predicted octanol–water partition coefficient (Wildman–Crippen LogP) is 4.35. The number of anilines is 1. The number of hydrogen-bond donors (Lipinski definition) is 3. The van der Waals surface area contributed by atoms with E-state index in [9.17, 15) is 14.0 Å². The van der Waals surface area contributed by atoms with Crippen LogP contribution in [0.2, 0.25) is 5.02 Å². The number of nitrogens with one attached hydrogen (secondary N) is 3. The van der Waals surface area contributed by atoms with Crippen molar-refractivity contribution in [2.24, 2.45) is 0 Å². The third-order valence-corrected chi connectivity index (χ3v) is 4.10. The molecule has 1 heterocycles. The molecule has 0 fully saturated rings. The highest BCUT2D eigenvalue weighted by molar-refractivity contribution is 6.31. The number of aromatic amines is 1. The van der Waals surface area contributed by atoms with Crippen LogP contribution in [-0.4, -0.2) is 23.3 Å². The van der Waals surface area contributed by atoms with Gasteiger partial charge in [-0.2, -0.15) is 0 Å². The number of H-pyrrole nitrogens is 1. The van der Waals surface area contributed by atoms with Crippen LogP contribution in [0.4, 0.5) is 10.1 Å². The third kappa shape index (κ3) is 3.70. The Kier molecular flexibility index (Phi) is 5.23. The van der Waals surface area contributed by atoms with Crippen LogP contribution in [0.15, 0.2) is 42.5 Å². The number of benzene rings is 2. The van der Waals surface area contributed by atoms with Gasteiger partial charge in [-0.15, -0.1) is 0 Å². The number of halogens is 2. The van der Waals surface area contributed by atoms with E-state index >= 15 is 0 Å². The lowest BCUT2D eigenvalue weighted by Gasteiger charge is -2.11. The van der Waals surface area contributed by atoms with Crippen molar-refractivity contribution in [2.45, 2.75) is 13.3 Å². The highest BCUT2D eigenvalue weighted by Gasteiger charge is 2.17. The van der Waals surface area contributed by atoms with E-state index in [2.05, 4.69) is 15.6 Å². The molecule has 3 N–H and O–H groups in total. The van der Waals surface area contributed by atoms with E-state index in [1.54, 1.807) is 24.3 Å². The fourth-order valence-corrected chi connectivity index (χ4v) is 2.75. The standard InChI is InChI=1S/C19H17ClFN3O2/c1-2-8-22-18(25)12-7-6-11(20)9-16(12)24-19(26)17-10-13-14(21)4-3-5-15(13)23-17/h3-7,9-10,23H,2,8H2,1H3,(H,22,25)(H,24,26). The second-order valence-electron chi connectivity index (χ2n) is 5.78. The van der Waals surface area contributed by atoms with Crippen molar-refractivity contribution >= 4 is 40.0 Å². The van der Waals surface area contributed by atoms with Crippen molar-refractivity contribution < 1.29 is 14.0 Å². The van der Waals surface area contributed by atoms with E-state index in [0.29, 0.717) is 28.0 Å². The summed E-state index contributed by atoms with van der Waals surface area (Å²) >= 11 is 6.00. The summed E-state index contributed by atoms with van der Waals surface area (Å²) in [6.45, 7) is 2.47. The van der Waals surface area contributed by atoms with Crippen molar-refractivity contribution in [3.05, 3.63) is 64.6 Å². The maximum absolute atomic E-state index is 13.8. The van der Waals surface area contributed by atoms with Crippen molar-refractivity contribution in [3.8, 4) is 0 Å². The number of fused-ring (bicyclic) bond motifs is 1. The lowest BCUT2D eigenvalue weighted by molar-refractivity contribution is 0.0954. The zero-order valence-corrected chi connectivity index (χ0v) is 14.8.